The van der Waals surface area contributed by atoms with Gasteiger partial charge in [0.25, 0.3) is 5.91 Å². The van der Waals surface area contributed by atoms with Crippen LogP contribution < -0.4 is 4.90 Å². The zero-order valence-electron chi connectivity index (χ0n) is 13.8. The molecule has 0 aromatic heterocycles. The van der Waals surface area contributed by atoms with Crippen molar-refractivity contribution >= 4 is 45.1 Å². The first-order chi connectivity index (χ1) is 12.5. The quantitative estimate of drug-likeness (QED) is 0.613. The van der Waals surface area contributed by atoms with Crippen LogP contribution in [0.25, 0.3) is 0 Å². The SMILES string of the molecule is N#CCCN(C(=O)COC(=O)Cc1ccc(Br)cc1)c1cccc(Cl)c1. The van der Waals surface area contributed by atoms with Gasteiger partial charge in [0.1, 0.15) is 0 Å². The van der Waals surface area contributed by atoms with Gasteiger partial charge in [0.15, 0.2) is 6.61 Å². The third-order valence-electron chi connectivity index (χ3n) is 3.49. The minimum atomic E-state index is -0.494. The highest BCUT2D eigenvalue weighted by Gasteiger charge is 2.18. The van der Waals surface area contributed by atoms with E-state index < -0.39 is 18.5 Å². The molecule has 2 aromatic carbocycles. The summed E-state index contributed by atoms with van der Waals surface area (Å²) in [6, 6.07) is 16.0. The summed E-state index contributed by atoms with van der Waals surface area (Å²) in [4.78, 5) is 25.8. The molecule has 0 saturated heterocycles. The van der Waals surface area contributed by atoms with E-state index >= 15 is 0 Å². The molecule has 0 heterocycles. The van der Waals surface area contributed by atoms with E-state index in [0.717, 1.165) is 10.0 Å². The van der Waals surface area contributed by atoms with Crippen molar-refractivity contribution in [3.63, 3.8) is 0 Å². The van der Waals surface area contributed by atoms with E-state index in [0.29, 0.717) is 10.7 Å². The van der Waals surface area contributed by atoms with Crippen molar-refractivity contribution in [3.05, 3.63) is 63.6 Å². The van der Waals surface area contributed by atoms with Gasteiger partial charge in [0.05, 0.1) is 18.9 Å². The lowest BCUT2D eigenvalue weighted by atomic mass is 10.2. The molecule has 0 aliphatic rings. The molecule has 26 heavy (non-hydrogen) atoms. The normalized spacial score (nSPS) is 10.0. The van der Waals surface area contributed by atoms with Crippen LogP contribution >= 0.6 is 27.5 Å². The lowest BCUT2D eigenvalue weighted by molar-refractivity contribution is -0.147. The van der Waals surface area contributed by atoms with Gasteiger partial charge in [-0.25, -0.2) is 0 Å². The van der Waals surface area contributed by atoms with Gasteiger partial charge in [-0.15, -0.1) is 0 Å². The number of nitrogens with zero attached hydrogens (tertiary/aromatic N) is 2. The molecule has 0 atom stereocenters. The Morgan fingerprint density at radius 3 is 2.58 bits per heavy atom. The summed E-state index contributed by atoms with van der Waals surface area (Å²) in [5, 5.41) is 9.27. The first-order valence-corrected chi connectivity index (χ1v) is 8.99. The second-order valence-corrected chi connectivity index (χ2v) is 6.75. The molecule has 2 aromatic rings. The van der Waals surface area contributed by atoms with Gasteiger partial charge in [-0.3, -0.25) is 9.59 Å². The number of rotatable bonds is 7. The summed E-state index contributed by atoms with van der Waals surface area (Å²) >= 11 is 9.29. The number of amides is 1. The lowest BCUT2D eigenvalue weighted by Crippen LogP contribution is -2.35. The van der Waals surface area contributed by atoms with E-state index in [1.165, 1.54) is 4.90 Å². The summed E-state index contributed by atoms with van der Waals surface area (Å²) < 4.78 is 6.01. The molecular weight excluding hydrogens is 420 g/mol. The van der Waals surface area contributed by atoms with Gasteiger partial charge in [-0.05, 0) is 35.9 Å². The number of hydrogen-bond donors (Lipinski definition) is 0. The van der Waals surface area contributed by atoms with Crippen molar-refractivity contribution in [2.45, 2.75) is 12.8 Å². The maximum atomic E-state index is 12.5. The molecule has 1 amide bonds. The van der Waals surface area contributed by atoms with E-state index in [4.69, 9.17) is 21.6 Å². The predicted molar refractivity (Wildman–Crippen MR) is 103 cm³/mol. The molecule has 5 nitrogen and oxygen atoms in total. The fraction of sp³-hybridized carbons (Fsp3) is 0.211. The lowest BCUT2D eigenvalue weighted by Gasteiger charge is -2.21. The minimum Gasteiger partial charge on any atom is -0.455 e. The van der Waals surface area contributed by atoms with Crippen LogP contribution in [-0.2, 0) is 20.7 Å². The molecule has 0 radical (unpaired) electrons. The summed E-state index contributed by atoms with van der Waals surface area (Å²) in [5.41, 5.74) is 1.35. The van der Waals surface area contributed by atoms with Crippen molar-refractivity contribution < 1.29 is 14.3 Å². The van der Waals surface area contributed by atoms with Crippen LogP contribution in [0.2, 0.25) is 5.02 Å². The molecule has 2 rings (SSSR count). The highest BCUT2D eigenvalue weighted by molar-refractivity contribution is 9.10. The van der Waals surface area contributed by atoms with Gasteiger partial charge in [-0.2, -0.15) is 5.26 Å². The van der Waals surface area contributed by atoms with Crippen LogP contribution in [0, 0.1) is 11.3 Å². The first kappa shape index (κ1) is 20.0. The molecule has 0 spiro atoms. The van der Waals surface area contributed by atoms with Crippen molar-refractivity contribution in [1.82, 2.24) is 0 Å². The molecule has 0 aliphatic heterocycles. The Balaban J connectivity index is 1.96. The van der Waals surface area contributed by atoms with Crippen molar-refractivity contribution in [1.29, 1.82) is 5.26 Å². The number of esters is 1. The molecule has 7 heteroatoms. The number of hydrogen-bond acceptors (Lipinski definition) is 4. The Hall–Kier alpha value is -2.36. The fourth-order valence-electron chi connectivity index (χ4n) is 2.24. The van der Waals surface area contributed by atoms with Crippen LogP contribution in [0.4, 0.5) is 5.69 Å². The Labute approximate surface area is 165 Å². The number of anilines is 1. The second kappa shape index (κ2) is 9.95. The molecule has 0 bridgehead atoms. The van der Waals surface area contributed by atoms with Crippen LogP contribution in [0.1, 0.15) is 12.0 Å². The number of halogens is 2. The van der Waals surface area contributed by atoms with E-state index in [2.05, 4.69) is 15.9 Å². The Morgan fingerprint density at radius 1 is 1.19 bits per heavy atom. The highest BCUT2D eigenvalue weighted by Crippen LogP contribution is 2.20. The number of carbonyl (C=O) groups excluding carboxylic acids is 2. The van der Waals surface area contributed by atoms with E-state index in [-0.39, 0.29) is 19.4 Å². The van der Waals surface area contributed by atoms with Gasteiger partial charge in [0.2, 0.25) is 0 Å². The average molecular weight is 436 g/mol. The fourth-order valence-corrected chi connectivity index (χ4v) is 2.69. The molecular formula is C19H16BrClN2O3. The Kier molecular flexibility index (Phi) is 7.64. The largest absolute Gasteiger partial charge is 0.455 e. The van der Waals surface area contributed by atoms with Crippen LogP contribution in [0.15, 0.2) is 53.0 Å². The molecule has 0 aliphatic carbocycles. The number of carbonyl (C=O) groups is 2. The van der Waals surface area contributed by atoms with Crippen molar-refractivity contribution in [2.24, 2.45) is 0 Å². The van der Waals surface area contributed by atoms with Crippen LogP contribution in [0.5, 0.6) is 0 Å². The topological polar surface area (TPSA) is 70.4 Å². The van der Waals surface area contributed by atoms with E-state index in [1.54, 1.807) is 36.4 Å². The second-order valence-electron chi connectivity index (χ2n) is 5.40. The molecule has 0 unspecified atom stereocenters. The van der Waals surface area contributed by atoms with Crippen molar-refractivity contribution in [2.75, 3.05) is 18.1 Å². The standard InChI is InChI=1S/C19H16BrClN2O3/c20-15-7-5-14(6-8-15)11-19(25)26-13-18(24)23(10-2-9-22)17-4-1-3-16(21)12-17/h1,3-8,12H,2,10-11,13H2. The summed E-state index contributed by atoms with van der Waals surface area (Å²) in [5.74, 6) is -0.904. The highest BCUT2D eigenvalue weighted by atomic mass is 79.9. The summed E-state index contributed by atoms with van der Waals surface area (Å²) in [7, 11) is 0. The number of benzene rings is 2. The van der Waals surface area contributed by atoms with Crippen molar-refractivity contribution in [3.8, 4) is 6.07 Å². The van der Waals surface area contributed by atoms with Crippen LogP contribution in [-0.4, -0.2) is 25.0 Å². The minimum absolute atomic E-state index is 0.0793. The monoisotopic (exact) mass is 434 g/mol. The summed E-state index contributed by atoms with van der Waals surface area (Å²) in [6.07, 6.45) is 0.237. The molecule has 0 N–H and O–H groups in total. The molecule has 0 fully saturated rings. The maximum absolute atomic E-state index is 12.5. The molecule has 134 valence electrons. The van der Waals surface area contributed by atoms with E-state index in [9.17, 15) is 9.59 Å². The molecule has 0 saturated carbocycles. The van der Waals surface area contributed by atoms with Crippen LogP contribution in [0.3, 0.4) is 0 Å². The number of nitriles is 1. The van der Waals surface area contributed by atoms with Gasteiger partial charge in [-0.1, -0.05) is 45.7 Å². The first-order valence-electron chi connectivity index (χ1n) is 7.82. The average Bonchev–Trinajstić information content (AvgIpc) is 2.62. The smallest absolute Gasteiger partial charge is 0.310 e. The zero-order valence-corrected chi connectivity index (χ0v) is 16.2. The van der Waals surface area contributed by atoms with Gasteiger partial charge >= 0.3 is 5.97 Å². The third-order valence-corrected chi connectivity index (χ3v) is 4.25. The third kappa shape index (κ3) is 6.17. The predicted octanol–water partition coefficient (Wildman–Crippen LogP) is 4.14. The Morgan fingerprint density at radius 2 is 1.92 bits per heavy atom. The van der Waals surface area contributed by atoms with E-state index in [1.807, 2.05) is 18.2 Å². The van der Waals surface area contributed by atoms with Gasteiger partial charge < -0.3 is 9.64 Å². The zero-order chi connectivity index (χ0) is 18.9. The summed E-state index contributed by atoms with van der Waals surface area (Å²) in [6.45, 7) is -0.201. The Bertz CT molecular complexity index is 818. The maximum Gasteiger partial charge on any atom is 0.310 e. The number of ether oxygens (including phenoxy) is 1. The van der Waals surface area contributed by atoms with Gasteiger partial charge in [0, 0.05) is 21.7 Å².